The second kappa shape index (κ2) is 3.18. The molecule has 0 radical (unpaired) electrons. The molecule has 0 aromatic heterocycles. The molecule has 0 aliphatic carbocycles. The first kappa shape index (κ1) is 7.78. The lowest BCUT2D eigenvalue weighted by atomic mass is 10.2. The predicted octanol–water partition coefficient (Wildman–Crippen LogP) is -0.0962. The van der Waals surface area contributed by atoms with E-state index in [0.717, 1.165) is 6.42 Å². The zero-order valence-corrected chi connectivity index (χ0v) is 6.03. The Morgan fingerprint density at radius 3 is 2.82 bits per heavy atom. The van der Waals surface area contributed by atoms with E-state index in [2.05, 4.69) is 11.3 Å². The summed E-state index contributed by atoms with van der Waals surface area (Å²) in [5.74, 6) is -0.192. The first-order chi connectivity index (χ1) is 5.29. The quantitative estimate of drug-likeness (QED) is 0.422. The van der Waals surface area contributed by atoms with Gasteiger partial charge in [0.15, 0.2) is 6.23 Å². The smallest absolute Gasteiger partial charge is 0.295 e. The van der Waals surface area contributed by atoms with Crippen LogP contribution in [0.25, 0.3) is 0 Å². The van der Waals surface area contributed by atoms with E-state index in [4.69, 9.17) is 0 Å². The number of amides is 1. The molecule has 4 nitrogen and oxygen atoms in total. The highest BCUT2D eigenvalue weighted by molar-refractivity contribution is 5.87. The summed E-state index contributed by atoms with van der Waals surface area (Å²) in [5, 5.41) is 0. The molecule has 1 aliphatic rings. The summed E-state index contributed by atoms with van der Waals surface area (Å²) in [6.45, 7) is 4.32. The van der Waals surface area contributed by atoms with Gasteiger partial charge >= 0.3 is 0 Å². The fraction of sp³-hybridized carbons (Fsp3) is 0.429. The fourth-order valence-electron chi connectivity index (χ4n) is 0.939. The van der Waals surface area contributed by atoms with Crippen LogP contribution in [0, 0.1) is 0 Å². The minimum Gasteiger partial charge on any atom is -0.444 e. The zero-order chi connectivity index (χ0) is 8.27. The first-order valence-electron chi connectivity index (χ1n) is 3.31. The van der Waals surface area contributed by atoms with Crippen molar-refractivity contribution in [3.05, 3.63) is 12.7 Å². The highest BCUT2D eigenvalue weighted by Gasteiger charge is 2.31. The number of hydrogen-bond acceptors (Lipinski definition) is 3. The van der Waals surface area contributed by atoms with Crippen molar-refractivity contribution >= 4 is 12.4 Å². The fourth-order valence-corrected chi connectivity index (χ4v) is 0.939. The summed E-state index contributed by atoms with van der Waals surface area (Å²) in [7, 11) is 0. The highest BCUT2D eigenvalue weighted by Crippen LogP contribution is 2.17. The van der Waals surface area contributed by atoms with Gasteiger partial charge in [-0.2, -0.15) is 0 Å². The normalized spacial score (nSPS) is 21.8. The number of carbonyl (C=O) groups is 2. The minimum atomic E-state index is -0.363. The maximum atomic E-state index is 10.9. The number of ether oxygens (including phenoxy) is 1. The van der Waals surface area contributed by atoms with Crippen molar-refractivity contribution in [3.8, 4) is 0 Å². The minimum absolute atomic E-state index is 0.192. The van der Waals surface area contributed by atoms with E-state index in [1.807, 2.05) is 0 Å². The Labute approximate surface area is 64.4 Å². The molecule has 4 heteroatoms. The molecule has 1 amide bonds. The molecule has 1 aliphatic heterocycles. The van der Waals surface area contributed by atoms with Crippen LogP contribution in [0.2, 0.25) is 0 Å². The number of nitrogens with zero attached hydrogens (tertiary/aromatic N) is 1. The summed E-state index contributed by atoms with van der Waals surface area (Å²) in [6, 6.07) is 0. The molecule has 1 heterocycles. The van der Waals surface area contributed by atoms with Gasteiger partial charge in [-0.25, -0.2) is 0 Å². The van der Waals surface area contributed by atoms with Crippen molar-refractivity contribution in [2.45, 2.75) is 12.6 Å². The van der Waals surface area contributed by atoms with Crippen LogP contribution in [-0.4, -0.2) is 30.1 Å². The van der Waals surface area contributed by atoms with Crippen LogP contribution in [0.15, 0.2) is 12.7 Å². The molecular formula is C7H9NO3. The summed E-state index contributed by atoms with van der Waals surface area (Å²) in [4.78, 5) is 22.2. The lowest BCUT2D eigenvalue weighted by molar-refractivity contribution is -0.166. The summed E-state index contributed by atoms with van der Waals surface area (Å²) < 4.78 is 4.59. The molecule has 11 heavy (non-hydrogen) atoms. The molecule has 0 aromatic carbocycles. The van der Waals surface area contributed by atoms with E-state index in [-0.39, 0.29) is 12.1 Å². The van der Waals surface area contributed by atoms with Crippen molar-refractivity contribution in [2.75, 3.05) is 6.54 Å². The van der Waals surface area contributed by atoms with Crippen molar-refractivity contribution in [1.29, 1.82) is 0 Å². The molecule has 1 rings (SSSR count). The van der Waals surface area contributed by atoms with Crippen LogP contribution in [0.3, 0.4) is 0 Å². The third-order valence-corrected chi connectivity index (χ3v) is 1.63. The van der Waals surface area contributed by atoms with E-state index >= 15 is 0 Å². The number of carbonyl (C=O) groups excluding carboxylic acids is 2. The average molecular weight is 155 g/mol. The van der Waals surface area contributed by atoms with Crippen LogP contribution >= 0.6 is 0 Å². The molecule has 1 unspecified atom stereocenters. The Hall–Kier alpha value is -1.32. The van der Waals surface area contributed by atoms with Gasteiger partial charge in [0.2, 0.25) is 5.91 Å². The van der Waals surface area contributed by atoms with E-state index in [1.165, 1.54) is 11.0 Å². The molecule has 0 bridgehead atoms. The van der Waals surface area contributed by atoms with Gasteiger partial charge in [0.25, 0.3) is 6.47 Å². The third kappa shape index (κ3) is 1.39. The lowest BCUT2D eigenvalue weighted by Crippen LogP contribution is -2.51. The van der Waals surface area contributed by atoms with Crippen LogP contribution in [0.4, 0.5) is 0 Å². The Bertz CT molecular complexity index is 190. The second-order valence-corrected chi connectivity index (χ2v) is 2.21. The first-order valence-corrected chi connectivity index (χ1v) is 3.31. The molecule has 1 atom stereocenters. The third-order valence-electron chi connectivity index (χ3n) is 1.63. The Balaban J connectivity index is 2.42. The van der Waals surface area contributed by atoms with Gasteiger partial charge in [0.1, 0.15) is 0 Å². The van der Waals surface area contributed by atoms with Crippen molar-refractivity contribution in [3.63, 3.8) is 0 Å². The molecule has 1 saturated heterocycles. The largest absolute Gasteiger partial charge is 0.444 e. The highest BCUT2D eigenvalue weighted by atomic mass is 16.5. The molecule has 60 valence electrons. The SMILES string of the molecule is C=CC(=O)N1CCC1OC=O. The van der Waals surface area contributed by atoms with Crippen LogP contribution < -0.4 is 0 Å². The molecule has 1 fully saturated rings. The van der Waals surface area contributed by atoms with Gasteiger partial charge in [0, 0.05) is 13.0 Å². The monoisotopic (exact) mass is 155 g/mol. The van der Waals surface area contributed by atoms with Gasteiger partial charge in [-0.3, -0.25) is 9.59 Å². The lowest BCUT2D eigenvalue weighted by Gasteiger charge is -2.37. The van der Waals surface area contributed by atoms with E-state index in [0.29, 0.717) is 13.0 Å². The van der Waals surface area contributed by atoms with Gasteiger partial charge in [-0.05, 0) is 6.08 Å². The maximum Gasteiger partial charge on any atom is 0.295 e. The second-order valence-electron chi connectivity index (χ2n) is 2.21. The summed E-state index contributed by atoms with van der Waals surface area (Å²) in [5.41, 5.74) is 0. The average Bonchev–Trinajstić information content (AvgIpc) is 1.98. The predicted molar refractivity (Wildman–Crippen MR) is 37.5 cm³/mol. The van der Waals surface area contributed by atoms with Crippen molar-refractivity contribution < 1.29 is 14.3 Å². The van der Waals surface area contributed by atoms with Gasteiger partial charge < -0.3 is 9.64 Å². The maximum absolute atomic E-state index is 10.9. The van der Waals surface area contributed by atoms with E-state index < -0.39 is 0 Å². The Morgan fingerprint density at radius 2 is 2.45 bits per heavy atom. The summed E-state index contributed by atoms with van der Waals surface area (Å²) in [6.07, 6.45) is 1.57. The van der Waals surface area contributed by atoms with Crippen LogP contribution in [-0.2, 0) is 14.3 Å². The number of rotatable bonds is 3. The zero-order valence-electron chi connectivity index (χ0n) is 6.03. The Morgan fingerprint density at radius 1 is 1.73 bits per heavy atom. The molecule has 0 saturated carbocycles. The molecule has 0 spiro atoms. The van der Waals surface area contributed by atoms with Gasteiger partial charge in [-0.15, -0.1) is 0 Å². The topological polar surface area (TPSA) is 46.6 Å². The van der Waals surface area contributed by atoms with Gasteiger partial charge in [-0.1, -0.05) is 6.58 Å². The van der Waals surface area contributed by atoms with Crippen LogP contribution in [0.1, 0.15) is 6.42 Å². The van der Waals surface area contributed by atoms with Gasteiger partial charge in [0.05, 0.1) is 0 Å². The van der Waals surface area contributed by atoms with Crippen LogP contribution in [0.5, 0.6) is 0 Å². The summed E-state index contributed by atoms with van der Waals surface area (Å²) >= 11 is 0. The molecular weight excluding hydrogens is 146 g/mol. The number of likely N-dealkylation sites (tertiary alicyclic amines) is 1. The molecule has 0 N–H and O–H groups in total. The van der Waals surface area contributed by atoms with E-state index in [9.17, 15) is 9.59 Å². The number of hydrogen-bond donors (Lipinski definition) is 0. The Kier molecular flexibility index (Phi) is 2.25. The standard InChI is InChI=1S/C7H9NO3/c1-2-6(10)8-4-3-7(8)11-5-9/h2,5,7H,1,3-4H2. The van der Waals surface area contributed by atoms with Crippen molar-refractivity contribution in [1.82, 2.24) is 4.90 Å². The van der Waals surface area contributed by atoms with E-state index in [1.54, 1.807) is 0 Å². The van der Waals surface area contributed by atoms with Crippen molar-refractivity contribution in [2.24, 2.45) is 0 Å². The molecule has 0 aromatic rings.